The molecule has 0 saturated heterocycles. The largest absolute Gasteiger partial charge is 0.495 e. The highest BCUT2D eigenvalue weighted by Gasteiger charge is 2.15. The minimum absolute atomic E-state index is 0.209. The topological polar surface area (TPSA) is 127 Å². The zero-order chi connectivity index (χ0) is 26.6. The van der Waals surface area contributed by atoms with Crippen LogP contribution in [0.15, 0.2) is 71.8 Å². The number of hydrogen-bond acceptors (Lipinski definition) is 7. The number of nitrogens with one attached hydrogen (secondary N) is 3. The molecule has 0 aliphatic rings. The molecular weight excluding hydrogens is 476 g/mol. The van der Waals surface area contributed by atoms with E-state index in [1.54, 1.807) is 42.5 Å². The lowest BCUT2D eigenvalue weighted by atomic mass is 10.2. The number of benzene rings is 3. The molecule has 3 amide bonds. The fourth-order valence-electron chi connectivity index (χ4n) is 3.18. The average Bonchev–Trinajstić information content (AvgIpc) is 2.90. The van der Waals surface area contributed by atoms with Crippen LogP contribution < -0.4 is 30.3 Å². The standard InChI is InChI=1S/C27H28N4O6/c1-4-36-24-15-19(13-14-23(24)37-17-25(32)29-20-10-6-5-9-18(20)2)16-28-31-27(34)26(33)30-21-11-7-8-12-22(21)35-3/h5-16H,4,17H2,1-3H3,(H,29,32)(H,30,33)(H,31,34)/b28-16-. The van der Waals surface area contributed by atoms with Crippen molar-refractivity contribution in [3.05, 3.63) is 77.9 Å². The number of nitrogens with zero attached hydrogens (tertiary/aromatic N) is 1. The number of amides is 3. The van der Waals surface area contributed by atoms with E-state index in [1.165, 1.54) is 13.3 Å². The Morgan fingerprint density at radius 3 is 2.30 bits per heavy atom. The summed E-state index contributed by atoms with van der Waals surface area (Å²) in [7, 11) is 1.46. The fourth-order valence-corrected chi connectivity index (χ4v) is 3.18. The first kappa shape index (κ1) is 26.7. The molecule has 3 aromatic rings. The Morgan fingerprint density at radius 1 is 0.838 bits per heavy atom. The van der Waals surface area contributed by atoms with Crippen molar-refractivity contribution in [1.29, 1.82) is 0 Å². The van der Waals surface area contributed by atoms with Crippen LogP contribution in [0.1, 0.15) is 18.1 Å². The van der Waals surface area contributed by atoms with Crippen molar-refractivity contribution >= 4 is 35.3 Å². The Balaban J connectivity index is 1.57. The van der Waals surface area contributed by atoms with E-state index >= 15 is 0 Å². The van der Waals surface area contributed by atoms with Gasteiger partial charge < -0.3 is 24.8 Å². The first-order chi connectivity index (χ1) is 17.9. The molecule has 37 heavy (non-hydrogen) atoms. The average molecular weight is 505 g/mol. The minimum atomic E-state index is -0.952. The second-order valence-corrected chi connectivity index (χ2v) is 7.64. The molecule has 10 nitrogen and oxygen atoms in total. The van der Waals surface area contributed by atoms with E-state index in [-0.39, 0.29) is 12.5 Å². The van der Waals surface area contributed by atoms with Crippen LogP contribution >= 0.6 is 0 Å². The van der Waals surface area contributed by atoms with E-state index in [4.69, 9.17) is 14.2 Å². The summed E-state index contributed by atoms with van der Waals surface area (Å²) in [4.78, 5) is 36.6. The van der Waals surface area contributed by atoms with Crippen LogP contribution in [0.3, 0.4) is 0 Å². The monoisotopic (exact) mass is 504 g/mol. The number of anilines is 2. The minimum Gasteiger partial charge on any atom is -0.495 e. The molecule has 0 unspecified atom stereocenters. The van der Waals surface area contributed by atoms with Crippen LogP contribution in [0, 0.1) is 6.92 Å². The third kappa shape index (κ3) is 7.82. The molecule has 0 radical (unpaired) electrons. The molecule has 0 saturated carbocycles. The van der Waals surface area contributed by atoms with Crippen molar-refractivity contribution in [3.8, 4) is 17.2 Å². The van der Waals surface area contributed by atoms with Gasteiger partial charge in [0.1, 0.15) is 5.75 Å². The smallest absolute Gasteiger partial charge is 0.329 e. The van der Waals surface area contributed by atoms with E-state index in [1.807, 2.05) is 38.1 Å². The number of para-hydroxylation sites is 3. The number of methoxy groups -OCH3 is 1. The van der Waals surface area contributed by atoms with E-state index in [0.29, 0.717) is 40.8 Å². The molecule has 0 heterocycles. The van der Waals surface area contributed by atoms with Crippen LogP contribution in [0.2, 0.25) is 0 Å². The van der Waals surface area contributed by atoms with Crippen molar-refractivity contribution in [1.82, 2.24) is 5.43 Å². The van der Waals surface area contributed by atoms with Crippen LogP contribution in [-0.2, 0) is 14.4 Å². The maximum Gasteiger partial charge on any atom is 0.329 e. The lowest BCUT2D eigenvalue weighted by Gasteiger charge is -2.13. The van der Waals surface area contributed by atoms with Gasteiger partial charge in [0, 0.05) is 5.69 Å². The Kier molecular flexibility index (Phi) is 9.60. The third-order valence-electron chi connectivity index (χ3n) is 4.99. The number of hydrogen-bond donors (Lipinski definition) is 3. The summed E-state index contributed by atoms with van der Waals surface area (Å²) in [6.45, 7) is 3.88. The molecule has 192 valence electrons. The first-order valence-corrected chi connectivity index (χ1v) is 11.4. The first-order valence-electron chi connectivity index (χ1n) is 11.4. The van der Waals surface area contributed by atoms with Gasteiger partial charge in [0.25, 0.3) is 5.91 Å². The number of hydrazone groups is 1. The Hall–Kier alpha value is -4.86. The second kappa shape index (κ2) is 13.3. The summed E-state index contributed by atoms with van der Waals surface area (Å²) >= 11 is 0. The van der Waals surface area contributed by atoms with Gasteiger partial charge in [0.05, 0.1) is 25.6 Å². The van der Waals surface area contributed by atoms with Crippen LogP contribution in [0.4, 0.5) is 11.4 Å². The van der Waals surface area contributed by atoms with E-state index in [0.717, 1.165) is 5.56 Å². The SMILES string of the molecule is CCOc1cc(/C=N\NC(=O)C(=O)Nc2ccccc2OC)ccc1OCC(=O)Nc1ccccc1C. The van der Waals surface area contributed by atoms with Crippen molar-refractivity contribution in [2.75, 3.05) is 31.0 Å². The zero-order valence-corrected chi connectivity index (χ0v) is 20.7. The fraction of sp³-hybridized carbons (Fsp3) is 0.185. The highest BCUT2D eigenvalue weighted by Crippen LogP contribution is 2.28. The molecule has 0 bridgehead atoms. The number of carbonyl (C=O) groups excluding carboxylic acids is 3. The lowest BCUT2D eigenvalue weighted by Crippen LogP contribution is -2.32. The summed E-state index contributed by atoms with van der Waals surface area (Å²) < 4.78 is 16.4. The quantitative estimate of drug-likeness (QED) is 0.220. The van der Waals surface area contributed by atoms with Gasteiger partial charge in [-0.1, -0.05) is 30.3 Å². The molecule has 0 aliphatic heterocycles. The number of rotatable bonds is 10. The van der Waals surface area contributed by atoms with Gasteiger partial charge in [-0.15, -0.1) is 0 Å². The summed E-state index contributed by atoms with van der Waals surface area (Å²) in [5.74, 6) is -0.965. The molecule has 3 N–H and O–H groups in total. The van der Waals surface area contributed by atoms with Gasteiger partial charge in [-0.2, -0.15) is 5.10 Å². The van der Waals surface area contributed by atoms with Crippen molar-refractivity contribution in [2.24, 2.45) is 5.10 Å². The molecule has 3 aromatic carbocycles. The van der Waals surface area contributed by atoms with Gasteiger partial charge in [-0.25, -0.2) is 5.43 Å². The normalized spacial score (nSPS) is 10.5. The van der Waals surface area contributed by atoms with Gasteiger partial charge >= 0.3 is 11.8 Å². The zero-order valence-electron chi connectivity index (χ0n) is 20.7. The molecule has 0 atom stereocenters. The van der Waals surface area contributed by atoms with Gasteiger partial charge in [-0.3, -0.25) is 14.4 Å². The van der Waals surface area contributed by atoms with Crippen LogP contribution in [-0.4, -0.2) is 44.3 Å². The Morgan fingerprint density at radius 2 is 1.57 bits per heavy atom. The second-order valence-electron chi connectivity index (χ2n) is 7.64. The number of aryl methyl sites for hydroxylation is 1. The highest BCUT2D eigenvalue weighted by molar-refractivity contribution is 6.39. The highest BCUT2D eigenvalue weighted by atomic mass is 16.5. The number of ether oxygens (including phenoxy) is 3. The van der Waals surface area contributed by atoms with Crippen LogP contribution in [0.5, 0.6) is 17.2 Å². The van der Waals surface area contributed by atoms with Crippen molar-refractivity contribution in [3.63, 3.8) is 0 Å². The summed E-state index contributed by atoms with van der Waals surface area (Å²) in [5, 5.41) is 9.10. The third-order valence-corrected chi connectivity index (χ3v) is 4.99. The van der Waals surface area contributed by atoms with Gasteiger partial charge in [0.2, 0.25) is 0 Å². The summed E-state index contributed by atoms with van der Waals surface area (Å²) in [6, 6.07) is 19.1. The molecular formula is C27H28N4O6. The maximum absolute atomic E-state index is 12.3. The molecule has 0 spiro atoms. The Bertz CT molecular complexity index is 1290. The van der Waals surface area contributed by atoms with E-state index < -0.39 is 11.8 Å². The summed E-state index contributed by atoms with van der Waals surface area (Å²) in [5.41, 5.74) is 4.77. The number of carbonyl (C=O) groups is 3. The van der Waals surface area contributed by atoms with E-state index in [2.05, 4.69) is 21.2 Å². The van der Waals surface area contributed by atoms with Crippen molar-refractivity contribution in [2.45, 2.75) is 13.8 Å². The van der Waals surface area contributed by atoms with Crippen LogP contribution in [0.25, 0.3) is 0 Å². The maximum atomic E-state index is 12.3. The summed E-state index contributed by atoms with van der Waals surface area (Å²) in [6.07, 6.45) is 1.35. The van der Waals surface area contributed by atoms with E-state index in [9.17, 15) is 14.4 Å². The predicted octanol–water partition coefficient (Wildman–Crippen LogP) is 3.51. The Labute approximate surface area is 214 Å². The molecule has 10 heteroatoms. The van der Waals surface area contributed by atoms with Gasteiger partial charge in [-0.05, 0) is 61.4 Å². The predicted molar refractivity (Wildman–Crippen MR) is 140 cm³/mol. The molecule has 0 aliphatic carbocycles. The molecule has 0 fully saturated rings. The molecule has 0 aromatic heterocycles. The molecule has 3 rings (SSSR count). The lowest BCUT2D eigenvalue weighted by molar-refractivity contribution is -0.136. The van der Waals surface area contributed by atoms with Crippen molar-refractivity contribution < 1.29 is 28.6 Å². The van der Waals surface area contributed by atoms with Gasteiger partial charge in [0.15, 0.2) is 18.1 Å².